The van der Waals surface area contributed by atoms with Gasteiger partial charge in [-0.05, 0) is 63.4 Å². The lowest BCUT2D eigenvalue weighted by Gasteiger charge is -2.37. The van der Waals surface area contributed by atoms with E-state index < -0.39 is 69.1 Å². The molecule has 16 heteroatoms. The molecule has 2 amide bonds. The number of sulfone groups is 1. The van der Waals surface area contributed by atoms with E-state index >= 15 is 0 Å². The van der Waals surface area contributed by atoms with Gasteiger partial charge in [-0.15, -0.1) is 0 Å². The summed E-state index contributed by atoms with van der Waals surface area (Å²) in [7, 11) is -3.67. The molecule has 2 aromatic carbocycles. The second-order valence-corrected chi connectivity index (χ2v) is 13.8. The highest BCUT2D eigenvalue weighted by molar-refractivity contribution is 7.90. The first-order valence-electron chi connectivity index (χ1n) is 13.5. The van der Waals surface area contributed by atoms with E-state index in [1.807, 2.05) is 0 Å². The monoisotopic (exact) mass is 661 g/mol. The zero-order chi connectivity index (χ0) is 33.8. The van der Waals surface area contributed by atoms with E-state index in [0.717, 1.165) is 23.0 Å². The van der Waals surface area contributed by atoms with Crippen molar-refractivity contribution in [2.24, 2.45) is 0 Å². The molecule has 1 aliphatic carbocycles. The third kappa shape index (κ3) is 7.10. The number of carbonyl (C=O) groups is 3. The molecule has 1 heterocycles. The van der Waals surface area contributed by atoms with Gasteiger partial charge in [0.25, 0.3) is 5.91 Å². The fourth-order valence-electron chi connectivity index (χ4n) is 4.68. The quantitative estimate of drug-likeness (QED) is 0.295. The number of benzene rings is 2. The van der Waals surface area contributed by atoms with Gasteiger partial charge in [-0.25, -0.2) is 17.8 Å². The number of carbonyl (C=O) groups excluding carboxylic acids is 3. The minimum atomic E-state index is -5.91. The lowest BCUT2D eigenvalue weighted by molar-refractivity contribution is -0.303. The van der Waals surface area contributed by atoms with Crippen LogP contribution in [-0.2, 0) is 24.8 Å². The number of hydrogen-bond donors (Lipinski definition) is 2. The van der Waals surface area contributed by atoms with Crippen LogP contribution in [0.5, 0.6) is 0 Å². The Morgan fingerprint density at radius 2 is 1.51 bits per heavy atom. The van der Waals surface area contributed by atoms with E-state index in [1.54, 1.807) is 20.8 Å². The van der Waals surface area contributed by atoms with Gasteiger partial charge in [0.2, 0.25) is 5.91 Å². The number of aromatic nitrogens is 1. The average Bonchev–Trinajstić information content (AvgIpc) is 3.60. The maximum Gasteiger partial charge on any atom is 0.419 e. The van der Waals surface area contributed by atoms with Crippen molar-refractivity contribution in [2.75, 3.05) is 11.6 Å². The predicted octanol–water partition coefficient (Wildman–Crippen LogP) is 6.11. The van der Waals surface area contributed by atoms with Crippen molar-refractivity contribution in [1.29, 1.82) is 0 Å². The van der Waals surface area contributed by atoms with Crippen LogP contribution in [0.25, 0.3) is 10.8 Å². The number of rotatable bonds is 7. The molecular formula is C29H29F6N3O6S. The molecule has 3 aromatic rings. The van der Waals surface area contributed by atoms with Crippen molar-refractivity contribution in [1.82, 2.24) is 9.88 Å². The summed E-state index contributed by atoms with van der Waals surface area (Å²) in [5.41, 5.74) is -7.36. The van der Waals surface area contributed by atoms with E-state index in [0.29, 0.717) is 25.0 Å². The number of ether oxygens (including phenoxy) is 1. The van der Waals surface area contributed by atoms with Crippen LogP contribution in [0.2, 0.25) is 0 Å². The van der Waals surface area contributed by atoms with Crippen LogP contribution in [-0.4, -0.2) is 61.1 Å². The van der Waals surface area contributed by atoms with Gasteiger partial charge in [0.05, 0.1) is 11.3 Å². The molecule has 2 N–H and O–H groups in total. The summed E-state index contributed by atoms with van der Waals surface area (Å²) in [4.78, 5) is 38.6. The molecule has 9 nitrogen and oxygen atoms in total. The first-order chi connectivity index (χ1) is 20.5. The Kier molecular flexibility index (Phi) is 8.54. The Balaban J connectivity index is 1.73. The van der Waals surface area contributed by atoms with Crippen LogP contribution in [0.3, 0.4) is 0 Å². The smallest absolute Gasteiger partial charge is 0.419 e. The van der Waals surface area contributed by atoms with E-state index in [1.165, 1.54) is 24.4 Å². The summed E-state index contributed by atoms with van der Waals surface area (Å²) in [5, 5.41) is 4.77. The minimum absolute atomic E-state index is 0.109. The molecule has 1 aromatic heterocycles. The van der Waals surface area contributed by atoms with E-state index in [4.69, 9.17) is 4.74 Å². The van der Waals surface area contributed by atoms with Crippen LogP contribution in [0, 0.1) is 0 Å². The number of nitrogens with one attached hydrogen (secondary N) is 2. The number of halogens is 6. The molecule has 0 aliphatic heterocycles. The van der Waals surface area contributed by atoms with Crippen molar-refractivity contribution in [3.63, 3.8) is 0 Å². The lowest BCUT2D eigenvalue weighted by atomic mass is 9.75. The third-order valence-electron chi connectivity index (χ3n) is 6.99. The van der Waals surface area contributed by atoms with Crippen LogP contribution < -0.4 is 10.6 Å². The Morgan fingerprint density at radius 3 is 2.00 bits per heavy atom. The second kappa shape index (κ2) is 11.4. The molecule has 0 saturated heterocycles. The lowest BCUT2D eigenvalue weighted by Crippen LogP contribution is -2.56. The Labute approximate surface area is 253 Å². The first kappa shape index (κ1) is 33.8. The third-order valence-corrected chi connectivity index (χ3v) is 8.10. The van der Waals surface area contributed by atoms with Crippen molar-refractivity contribution >= 4 is 44.2 Å². The fourth-order valence-corrected chi connectivity index (χ4v) is 5.34. The van der Waals surface area contributed by atoms with Gasteiger partial charge in [0, 0.05) is 35.0 Å². The molecule has 1 aliphatic rings. The largest absolute Gasteiger partial charge is 0.443 e. The van der Waals surface area contributed by atoms with E-state index in [-0.39, 0.29) is 27.0 Å². The molecule has 0 radical (unpaired) electrons. The molecule has 1 fully saturated rings. The maximum absolute atomic E-state index is 14.2. The predicted molar refractivity (Wildman–Crippen MR) is 151 cm³/mol. The highest BCUT2D eigenvalue weighted by Crippen LogP contribution is 2.54. The average molecular weight is 662 g/mol. The Bertz CT molecular complexity index is 1740. The molecule has 1 saturated carbocycles. The Morgan fingerprint density at radius 1 is 0.933 bits per heavy atom. The Hall–Kier alpha value is -4.08. The van der Waals surface area contributed by atoms with Gasteiger partial charge >= 0.3 is 18.4 Å². The highest BCUT2D eigenvalue weighted by atomic mass is 32.2. The van der Waals surface area contributed by atoms with Crippen LogP contribution in [0.15, 0.2) is 53.6 Å². The van der Waals surface area contributed by atoms with Gasteiger partial charge in [-0.3, -0.25) is 9.59 Å². The van der Waals surface area contributed by atoms with Gasteiger partial charge in [-0.2, -0.15) is 26.3 Å². The van der Waals surface area contributed by atoms with Crippen molar-refractivity contribution in [3.05, 3.63) is 59.9 Å². The van der Waals surface area contributed by atoms with Gasteiger partial charge < -0.3 is 15.4 Å². The summed E-state index contributed by atoms with van der Waals surface area (Å²) in [6.45, 7) is 4.69. The molecule has 0 bridgehead atoms. The van der Waals surface area contributed by atoms with Crippen LogP contribution in [0.4, 0.5) is 36.8 Å². The summed E-state index contributed by atoms with van der Waals surface area (Å²) >= 11 is 0. The summed E-state index contributed by atoms with van der Waals surface area (Å²) in [6.07, 6.45) is -11.7. The SMILES string of the molecule is CC(C)(C)OC(=O)n1cc2cc(S(C)(=O)=O)ccc2c1C(=O)Nc1ccc(C(CC(=O)NC2CC2)(C(F)(F)F)C(F)(F)F)cc1. The minimum Gasteiger partial charge on any atom is -0.443 e. The number of hydrogen-bond acceptors (Lipinski definition) is 6. The normalized spacial score (nSPS) is 14.7. The number of anilines is 1. The van der Waals surface area contributed by atoms with Crippen molar-refractivity contribution in [2.45, 2.75) is 74.3 Å². The van der Waals surface area contributed by atoms with Crippen LogP contribution in [0.1, 0.15) is 56.1 Å². The van der Waals surface area contributed by atoms with Crippen molar-refractivity contribution in [3.8, 4) is 0 Å². The zero-order valence-corrected chi connectivity index (χ0v) is 25.2. The molecule has 0 spiro atoms. The molecular weight excluding hydrogens is 632 g/mol. The standard InChI is InChI=1S/C29H29F6N3O6S/c1-26(2,3)44-25(41)38-15-16-13-20(45(4,42)43)11-12-21(16)23(38)24(40)37-19-7-5-17(6-8-19)27(28(30,31)32,29(33,34)35)14-22(39)36-18-9-10-18/h5-8,11-13,15,18H,9-10,14H2,1-4H3,(H,36,39)(H,37,40). The van der Waals surface area contributed by atoms with Gasteiger partial charge in [-0.1, -0.05) is 18.2 Å². The van der Waals surface area contributed by atoms with Crippen LogP contribution >= 0.6 is 0 Å². The number of fused-ring (bicyclic) bond motifs is 1. The molecule has 244 valence electrons. The molecule has 45 heavy (non-hydrogen) atoms. The number of amides is 2. The molecule has 0 unspecified atom stereocenters. The van der Waals surface area contributed by atoms with Gasteiger partial charge in [0.15, 0.2) is 15.3 Å². The maximum atomic E-state index is 14.2. The zero-order valence-electron chi connectivity index (χ0n) is 24.4. The summed E-state index contributed by atoms with van der Waals surface area (Å²) in [6, 6.07) is 5.89. The highest BCUT2D eigenvalue weighted by Gasteiger charge is 2.72. The molecule has 0 atom stereocenters. The van der Waals surface area contributed by atoms with E-state index in [9.17, 15) is 49.1 Å². The van der Waals surface area contributed by atoms with Crippen molar-refractivity contribution < 1.29 is 53.9 Å². The number of alkyl halides is 6. The topological polar surface area (TPSA) is 124 Å². The van der Waals surface area contributed by atoms with E-state index in [2.05, 4.69) is 10.6 Å². The molecule has 4 rings (SSSR count). The first-order valence-corrected chi connectivity index (χ1v) is 15.4. The summed E-state index contributed by atoms with van der Waals surface area (Å²) < 4.78 is 115. The number of nitrogens with zero attached hydrogens (tertiary/aromatic N) is 1. The summed E-state index contributed by atoms with van der Waals surface area (Å²) in [5.74, 6) is -2.41. The second-order valence-electron chi connectivity index (χ2n) is 11.8. The van der Waals surface area contributed by atoms with Gasteiger partial charge in [0.1, 0.15) is 11.3 Å². The fraction of sp³-hybridized carbons (Fsp3) is 0.414.